The van der Waals surface area contributed by atoms with Crippen LogP contribution in [-0.4, -0.2) is 12.2 Å². The first kappa shape index (κ1) is 8.59. The van der Waals surface area contributed by atoms with E-state index in [1.807, 2.05) is 0 Å². The van der Waals surface area contributed by atoms with Gasteiger partial charge in [0, 0.05) is 18.6 Å². The summed E-state index contributed by atoms with van der Waals surface area (Å²) in [5, 5.41) is 7.00. The van der Waals surface area contributed by atoms with Crippen molar-refractivity contribution in [3.05, 3.63) is 29.8 Å². The second-order valence-electron chi connectivity index (χ2n) is 2.03. The Morgan fingerprint density at radius 3 is 2.82 bits per heavy atom. The van der Waals surface area contributed by atoms with Crippen LogP contribution in [0.5, 0.6) is 0 Å². The van der Waals surface area contributed by atoms with Crippen molar-refractivity contribution in [1.29, 1.82) is 0 Å². The molecule has 60 valence electrons. The number of aliphatic hydroxyl groups excluding tert-OH is 1. The van der Waals surface area contributed by atoms with Gasteiger partial charge in [-0.2, -0.15) is 0 Å². The summed E-state index contributed by atoms with van der Waals surface area (Å²) in [4.78, 5) is 1.37. The van der Waals surface area contributed by atoms with Crippen LogP contribution in [0.1, 0.15) is 5.56 Å². The Hall–Kier alpha value is -0.510. The summed E-state index contributed by atoms with van der Waals surface area (Å²) >= 11 is 1.72. The first-order valence-electron chi connectivity index (χ1n) is 3.39. The number of benzene rings is 1. The molecule has 2 nitrogen and oxygen atoms in total. The molecule has 2 rings (SSSR count). The summed E-state index contributed by atoms with van der Waals surface area (Å²) in [5.74, 6) is 0. The predicted octanol–water partition coefficient (Wildman–Crippen LogP) is 1.41. The molecule has 0 bridgehead atoms. The van der Waals surface area contributed by atoms with Crippen LogP contribution in [0.3, 0.4) is 0 Å². The van der Waals surface area contributed by atoms with Crippen molar-refractivity contribution in [2.45, 2.75) is 11.4 Å². The fourth-order valence-corrected chi connectivity index (χ4v) is 1.74. The van der Waals surface area contributed by atoms with Crippen LogP contribution < -0.4 is 4.72 Å². The number of fused-ring (bicyclic) bond motifs is 1. The highest BCUT2D eigenvalue weighted by Gasteiger charge is 2.07. The second-order valence-corrected chi connectivity index (χ2v) is 2.96. The largest absolute Gasteiger partial charge is 0.400 e. The van der Waals surface area contributed by atoms with Crippen LogP contribution in [0, 0.1) is 0 Å². The van der Waals surface area contributed by atoms with E-state index >= 15 is 0 Å². The van der Waals surface area contributed by atoms with Crippen molar-refractivity contribution < 1.29 is 5.11 Å². The third-order valence-corrected chi connectivity index (χ3v) is 2.32. The average Bonchev–Trinajstić information content (AvgIpc) is 2.55. The van der Waals surface area contributed by atoms with Gasteiger partial charge in [0.25, 0.3) is 0 Å². The Morgan fingerprint density at radius 1 is 1.36 bits per heavy atom. The second kappa shape index (κ2) is 4.38. The molecule has 0 saturated heterocycles. The SMILES string of the molecule is CO.c1ccc2c(c1)CNS2. The van der Waals surface area contributed by atoms with Gasteiger partial charge in [-0.05, 0) is 23.6 Å². The molecule has 0 spiro atoms. The van der Waals surface area contributed by atoms with Gasteiger partial charge < -0.3 is 5.11 Å². The highest BCUT2D eigenvalue weighted by Crippen LogP contribution is 2.25. The molecule has 0 amide bonds. The first-order valence-corrected chi connectivity index (χ1v) is 4.21. The first-order chi connectivity index (χ1) is 5.47. The lowest BCUT2D eigenvalue weighted by Gasteiger charge is -1.90. The van der Waals surface area contributed by atoms with Crippen LogP contribution in [0.2, 0.25) is 0 Å². The van der Waals surface area contributed by atoms with Gasteiger partial charge in [0.2, 0.25) is 0 Å². The quantitative estimate of drug-likeness (QED) is 0.576. The van der Waals surface area contributed by atoms with Gasteiger partial charge in [0.15, 0.2) is 0 Å². The molecule has 1 aromatic carbocycles. The van der Waals surface area contributed by atoms with Crippen molar-refractivity contribution >= 4 is 11.9 Å². The Labute approximate surface area is 70.8 Å². The Morgan fingerprint density at radius 2 is 2.09 bits per heavy atom. The third-order valence-electron chi connectivity index (χ3n) is 1.42. The van der Waals surface area contributed by atoms with Gasteiger partial charge in [-0.1, -0.05) is 18.2 Å². The molecule has 0 aromatic heterocycles. The fraction of sp³-hybridized carbons (Fsp3) is 0.250. The maximum absolute atomic E-state index is 7.00. The molecule has 0 atom stereocenters. The molecule has 11 heavy (non-hydrogen) atoms. The monoisotopic (exact) mass is 169 g/mol. The number of hydrogen-bond acceptors (Lipinski definition) is 3. The van der Waals surface area contributed by atoms with Crippen LogP contribution in [0.25, 0.3) is 0 Å². The highest BCUT2D eigenvalue weighted by molar-refractivity contribution is 7.97. The van der Waals surface area contributed by atoms with Gasteiger partial charge in [-0.3, -0.25) is 4.72 Å². The lowest BCUT2D eigenvalue weighted by molar-refractivity contribution is 0.399. The van der Waals surface area contributed by atoms with E-state index in [2.05, 4.69) is 29.0 Å². The highest BCUT2D eigenvalue weighted by atomic mass is 32.2. The summed E-state index contributed by atoms with van der Waals surface area (Å²) in [6.45, 7) is 1.01. The Kier molecular flexibility index (Phi) is 3.42. The molecule has 0 unspecified atom stereocenters. The minimum atomic E-state index is 1.00. The summed E-state index contributed by atoms with van der Waals surface area (Å²) < 4.78 is 3.20. The van der Waals surface area contributed by atoms with Crippen LogP contribution >= 0.6 is 11.9 Å². The standard InChI is InChI=1S/C7H7NS.CH4O/c1-2-4-7-6(3-1)5-8-9-7;1-2/h1-4,8H,5H2;2H,1H3. The van der Waals surface area contributed by atoms with E-state index in [9.17, 15) is 0 Å². The van der Waals surface area contributed by atoms with Gasteiger partial charge in [0.1, 0.15) is 0 Å². The molecule has 1 aromatic rings. The average molecular weight is 169 g/mol. The molecule has 3 heteroatoms. The molecular formula is C8H11NOS. The van der Waals surface area contributed by atoms with E-state index in [-0.39, 0.29) is 0 Å². The number of hydrogen-bond donors (Lipinski definition) is 2. The van der Waals surface area contributed by atoms with E-state index in [0.717, 1.165) is 13.7 Å². The lowest BCUT2D eigenvalue weighted by atomic mass is 10.2. The van der Waals surface area contributed by atoms with Crippen LogP contribution in [-0.2, 0) is 6.54 Å². The van der Waals surface area contributed by atoms with Crippen molar-refractivity contribution in [3.8, 4) is 0 Å². The van der Waals surface area contributed by atoms with Crippen LogP contribution in [0.4, 0.5) is 0 Å². The van der Waals surface area contributed by atoms with Crippen molar-refractivity contribution in [2.24, 2.45) is 0 Å². The molecular weight excluding hydrogens is 158 g/mol. The van der Waals surface area contributed by atoms with Crippen LogP contribution in [0.15, 0.2) is 29.2 Å². The van der Waals surface area contributed by atoms with E-state index in [4.69, 9.17) is 5.11 Å². The smallest absolute Gasteiger partial charge is 0.0324 e. The lowest BCUT2D eigenvalue weighted by Crippen LogP contribution is -1.90. The molecule has 1 aliphatic heterocycles. The number of nitrogens with one attached hydrogen (secondary N) is 1. The number of rotatable bonds is 0. The van der Waals surface area contributed by atoms with Gasteiger partial charge in [-0.15, -0.1) is 0 Å². The zero-order valence-corrected chi connectivity index (χ0v) is 7.19. The molecule has 0 aliphatic carbocycles. The Balaban J connectivity index is 0.000000281. The fourth-order valence-electron chi connectivity index (χ4n) is 0.941. The topological polar surface area (TPSA) is 32.3 Å². The minimum Gasteiger partial charge on any atom is -0.400 e. The number of aliphatic hydroxyl groups is 1. The molecule has 0 radical (unpaired) electrons. The maximum Gasteiger partial charge on any atom is 0.0324 e. The maximum atomic E-state index is 7.00. The molecule has 0 fully saturated rings. The van der Waals surface area contributed by atoms with E-state index in [0.29, 0.717) is 0 Å². The molecule has 1 aliphatic rings. The summed E-state index contributed by atoms with van der Waals surface area (Å²) in [6, 6.07) is 8.44. The zero-order valence-electron chi connectivity index (χ0n) is 6.37. The van der Waals surface area contributed by atoms with Gasteiger partial charge in [-0.25, -0.2) is 0 Å². The normalized spacial score (nSPS) is 13.3. The summed E-state index contributed by atoms with van der Waals surface area (Å²) in [6.07, 6.45) is 0. The van der Waals surface area contributed by atoms with E-state index in [1.54, 1.807) is 11.9 Å². The summed E-state index contributed by atoms with van der Waals surface area (Å²) in [5.41, 5.74) is 1.42. The third kappa shape index (κ3) is 1.96. The van der Waals surface area contributed by atoms with E-state index in [1.165, 1.54) is 10.5 Å². The predicted molar refractivity (Wildman–Crippen MR) is 47.3 cm³/mol. The summed E-state index contributed by atoms with van der Waals surface area (Å²) in [7, 11) is 1.00. The molecule has 0 saturated carbocycles. The van der Waals surface area contributed by atoms with Crippen molar-refractivity contribution in [3.63, 3.8) is 0 Å². The van der Waals surface area contributed by atoms with Gasteiger partial charge >= 0.3 is 0 Å². The van der Waals surface area contributed by atoms with Gasteiger partial charge in [0.05, 0.1) is 0 Å². The van der Waals surface area contributed by atoms with Crippen molar-refractivity contribution in [2.75, 3.05) is 7.11 Å². The molecule has 2 N–H and O–H groups in total. The molecule has 1 heterocycles. The minimum absolute atomic E-state index is 1.00. The van der Waals surface area contributed by atoms with E-state index < -0.39 is 0 Å². The Bertz CT molecular complexity index is 204. The zero-order chi connectivity index (χ0) is 8.10. The van der Waals surface area contributed by atoms with Crippen molar-refractivity contribution in [1.82, 2.24) is 4.72 Å².